The molecular weight excluding hydrogens is 294 g/mol. The van der Waals surface area contributed by atoms with Crippen molar-refractivity contribution in [3.8, 4) is 5.75 Å². The number of anilines is 1. The highest BCUT2D eigenvalue weighted by Crippen LogP contribution is 2.37. The van der Waals surface area contributed by atoms with Gasteiger partial charge in [-0.25, -0.2) is 0 Å². The monoisotopic (exact) mass is 325 g/mol. The topological polar surface area (TPSA) is 75.7 Å². The number of nitrogens with two attached hydrogens (primary N) is 1. The predicted octanol–water partition coefficient (Wildman–Crippen LogP) is 3.68. The number of phenols is 1. The van der Waals surface area contributed by atoms with Crippen molar-refractivity contribution in [3.05, 3.63) is 23.8 Å². The fourth-order valence-corrected chi connectivity index (χ4v) is 3.51. The van der Waals surface area contributed by atoms with Crippen LogP contribution < -0.4 is 5.73 Å². The summed E-state index contributed by atoms with van der Waals surface area (Å²) in [6, 6.07) is 5.31. The highest BCUT2D eigenvalue weighted by atomic mass is 28.4. The molecule has 22 heavy (non-hydrogen) atoms. The molecule has 2 atom stereocenters. The first-order valence-corrected chi connectivity index (χ1v) is 10.8. The van der Waals surface area contributed by atoms with Gasteiger partial charge in [0, 0.05) is 0 Å². The summed E-state index contributed by atoms with van der Waals surface area (Å²) in [5.74, 6) is 0.118. The summed E-state index contributed by atoms with van der Waals surface area (Å²) in [5, 5.41) is 20.4. The Kier molecular flexibility index (Phi) is 6.07. The normalized spacial score (nSPS) is 15.6. The number of nitrogen functional groups attached to an aromatic ring is 1. The minimum Gasteiger partial charge on any atom is -0.506 e. The summed E-state index contributed by atoms with van der Waals surface area (Å²) < 4.78 is 6.21. The zero-order valence-electron chi connectivity index (χ0n) is 14.7. The van der Waals surface area contributed by atoms with Gasteiger partial charge in [0.05, 0.1) is 17.9 Å². The van der Waals surface area contributed by atoms with E-state index in [-0.39, 0.29) is 16.9 Å². The molecule has 0 unspecified atom stereocenters. The van der Waals surface area contributed by atoms with Crippen LogP contribution in [0.4, 0.5) is 5.69 Å². The van der Waals surface area contributed by atoms with Crippen molar-refractivity contribution >= 4 is 14.0 Å². The second-order valence-electron chi connectivity index (χ2n) is 7.54. The van der Waals surface area contributed by atoms with E-state index in [2.05, 4.69) is 33.9 Å². The van der Waals surface area contributed by atoms with Crippen LogP contribution in [0.25, 0.3) is 0 Å². The first kappa shape index (κ1) is 19.0. The molecule has 4 N–H and O–H groups in total. The molecule has 0 fully saturated rings. The number of para-hydroxylation sites is 1. The maximum atomic E-state index is 10.4. The van der Waals surface area contributed by atoms with Crippen molar-refractivity contribution in [2.24, 2.45) is 0 Å². The molecule has 1 aromatic rings. The number of hydrogen-bond acceptors (Lipinski definition) is 4. The Labute approximate surface area is 135 Å². The van der Waals surface area contributed by atoms with Crippen molar-refractivity contribution in [3.63, 3.8) is 0 Å². The van der Waals surface area contributed by atoms with Gasteiger partial charge < -0.3 is 20.4 Å². The lowest BCUT2D eigenvalue weighted by Crippen LogP contribution is -2.46. The average molecular weight is 326 g/mol. The van der Waals surface area contributed by atoms with Crippen molar-refractivity contribution in [1.29, 1.82) is 0 Å². The lowest BCUT2D eigenvalue weighted by atomic mass is 10.0. The number of aliphatic hydroxyl groups excluding tert-OH is 1. The van der Waals surface area contributed by atoms with Crippen LogP contribution in [0.5, 0.6) is 5.75 Å². The van der Waals surface area contributed by atoms with E-state index in [1.165, 1.54) is 0 Å². The Morgan fingerprint density at radius 1 is 1.27 bits per heavy atom. The molecule has 0 heterocycles. The molecular formula is C17H31NO3Si. The molecule has 1 rings (SSSR count). The number of phenolic OH excluding ortho intramolecular Hbond substituents is 1. The third kappa shape index (κ3) is 4.73. The highest BCUT2D eigenvalue weighted by molar-refractivity contribution is 6.74. The third-order valence-corrected chi connectivity index (χ3v) is 9.26. The Balaban J connectivity index is 2.62. The predicted molar refractivity (Wildman–Crippen MR) is 94.6 cm³/mol. The van der Waals surface area contributed by atoms with Gasteiger partial charge in [-0.15, -0.1) is 0 Å². The van der Waals surface area contributed by atoms with Crippen molar-refractivity contribution in [2.75, 3.05) is 5.73 Å². The molecule has 5 heteroatoms. The molecule has 1 aromatic carbocycles. The SMILES string of the molecule is C[C@H](O[Si](C)(C)C(C)(C)C)[C@@H](O)CCc1cccc(N)c1O. The van der Waals surface area contributed by atoms with Crippen molar-refractivity contribution in [1.82, 2.24) is 0 Å². The van der Waals surface area contributed by atoms with Crippen LogP contribution in [0.1, 0.15) is 39.7 Å². The highest BCUT2D eigenvalue weighted by Gasteiger charge is 2.39. The van der Waals surface area contributed by atoms with Crippen LogP contribution in [-0.2, 0) is 10.8 Å². The quantitative estimate of drug-likeness (QED) is 0.424. The van der Waals surface area contributed by atoms with E-state index >= 15 is 0 Å². The van der Waals surface area contributed by atoms with E-state index in [0.717, 1.165) is 5.56 Å². The molecule has 0 amide bonds. The van der Waals surface area contributed by atoms with E-state index in [1.807, 2.05) is 19.1 Å². The summed E-state index contributed by atoms with van der Waals surface area (Å²) >= 11 is 0. The molecule has 0 spiro atoms. The molecule has 0 aliphatic carbocycles. The van der Waals surface area contributed by atoms with E-state index in [0.29, 0.717) is 18.5 Å². The minimum absolute atomic E-state index is 0.118. The third-order valence-electron chi connectivity index (χ3n) is 4.69. The second kappa shape index (κ2) is 7.02. The lowest BCUT2D eigenvalue weighted by Gasteiger charge is -2.39. The molecule has 0 saturated carbocycles. The van der Waals surface area contributed by atoms with Crippen LogP contribution >= 0.6 is 0 Å². The summed E-state index contributed by atoms with van der Waals surface area (Å²) in [5.41, 5.74) is 6.82. The second-order valence-corrected chi connectivity index (χ2v) is 12.3. The average Bonchev–Trinajstić information content (AvgIpc) is 2.38. The minimum atomic E-state index is -1.89. The molecule has 0 saturated heterocycles. The number of rotatable bonds is 6. The Morgan fingerprint density at radius 2 is 1.86 bits per heavy atom. The van der Waals surface area contributed by atoms with Crippen LogP contribution in [0, 0.1) is 0 Å². The molecule has 0 aromatic heterocycles. The first-order valence-electron chi connectivity index (χ1n) is 7.88. The van der Waals surface area contributed by atoms with Gasteiger partial charge in [-0.3, -0.25) is 0 Å². The molecule has 126 valence electrons. The van der Waals surface area contributed by atoms with Crippen LogP contribution in [0.15, 0.2) is 18.2 Å². The van der Waals surface area contributed by atoms with Gasteiger partial charge in [-0.05, 0) is 49.5 Å². The first-order chi connectivity index (χ1) is 9.95. The largest absolute Gasteiger partial charge is 0.506 e. The Bertz CT molecular complexity index is 497. The fraction of sp³-hybridized carbons (Fsp3) is 0.647. The van der Waals surface area contributed by atoms with E-state index in [1.54, 1.807) is 6.07 Å². The smallest absolute Gasteiger partial charge is 0.192 e. The standard InChI is InChI=1S/C17H31NO3Si/c1-12(21-22(5,6)17(2,3)4)15(19)11-10-13-8-7-9-14(18)16(13)20/h7-9,12,15,19-20H,10-11,18H2,1-6H3/t12-,15-/m0/s1. The van der Waals surface area contributed by atoms with Gasteiger partial charge >= 0.3 is 0 Å². The summed E-state index contributed by atoms with van der Waals surface area (Å²) in [4.78, 5) is 0. The summed E-state index contributed by atoms with van der Waals surface area (Å²) in [7, 11) is -1.89. The van der Waals surface area contributed by atoms with Crippen molar-refractivity contribution < 1.29 is 14.6 Å². The fourth-order valence-electron chi connectivity index (χ4n) is 2.07. The maximum Gasteiger partial charge on any atom is 0.192 e. The zero-order chi connectivity index (χ0) is 17.1. The van der Waals surface area contributed by atoms with E-state index in [4.69, 9.17) is 10.2 Å². The lowest BCUT2D eigenvalue weighted by molar-refractivity contribution is 0.0336. The van der Waals surface area contributed by atoms with Crippen molar-refractivity contribution in [2.45, 2.75) is 70.9 Å². The Hall–Kier alpha value is -1.04. The summed E-state index contributed by atoms with van der Waals surface area (Å²) in [6.07, 6.45) is 0.329. The molecule has 0 bridgehead atoms. The Morgan fingerprint density at radius 3 is 2.41 bits per heavy atom. The van der Waals surface area contributed by atoms with Gasteiger partial charge in [0.25, 0.3) is 0 Å². The van der Waals surface area contributed by atoms with E-state index in [9.17, 15) is 10.2 Å². The van der Waals surface area contributed by atoms with Gasteiger partial charge in [-0.2, -0.15) is 0 Å². The molecule has 0 radical (unpaired) electrons. The van der Waals surface area contributed by atoms with Gasteiger partial charge in [0.1, 0.15) is 5.75 Å². The number of aliphatic hydroxyl groups is 1. The van der Waals surface area contributed by atoms with E-state index < -0.39 is 14.4 Å². The number of aromatic hydroxyl groups is 1. The summed E-state index contributed by atoms with van der Waals surface area (Å²) in [6.45, 7) is 12.8. The molecule has 0 aliphatic heterocycles. The van der Waals surface area contributed by atoms with Gasteiger partial charge in [-0.1, -0.05) is 32.9 Å². The molecule has 0 aliphatic rings. The van der Waals surface area contributed by atoms with Crippen LogP contribution in [0.3, 0.4) is 0 Å². The van der Waals surface area contributed by atoms with Gasteiger partial charge in [0.2, 0.25) is 0 Å². The van der Waals surface area contributed by atoms with Gasteiger partial charge in [0.15, 0.2) is 8.32 Å². The zero-order valence-corrected chi connectivity index (χ0v) is 15.7. The number of hydrogen-bond donors (Lipinski definition) is 3. The number of aryl methyl sites for hydroxylation is 1. The molecule has 4 nitrogen and oxygen atoms in total. The van der Waals surface area contributed by atoms with Crippen LogP contribution in [-0.4, -0.2) is 30.7 Å². The van der Waals surface area contributed by atoms with Crippen LogP contribution in [0.2, 0.25) is 18.1 Å². The number of benzene rings is 1. The maximum absolute atomic E-state index is 10.4.